The van der Waals surface area contributed by atoms with E-state index >= 15 is 0 Å². The molecule has 5 heteroatoms. The van der Waals surface area contributed by atoms with Crippen molar-refractivity contribution in [2.75, 3.05) is 7.11 Å². The van der Waals surface area contributed by atoms with Crippen molar-refractivity contribution in [1.82, 2.24) is 5.73 Å². The third-order valence-electron chi connectivity index (χ3n) is 1.19. The highest BCUT2D eigenvalue weighted by atomic mass is 16.5. The summed E-state index contributed by atoms with van der Waals surface area (Å²) in [5, 5.41) is 0. The fourth-order valence-electron chi connectivity index (χ4n) is 0.556. The largest absolute Gasteiger partial charge is 0.468 e. The maximum Gasteiger partial charge on any atom is 0.322 e. The number of rotatable bonds is 4. The van der Waals surface area contributed by atoms with Crippen molar-refractivity contribution >= 4 is 11.9 Å². The number of esters is 1. The molecule has 0 bridgehead atoms. The second-order valence-electron chi connectivity index (χ2n) is 2.09. The minimum absolute atomic E-state index is 0.00370. The summed E-state index contributed by atoms with van der Waals surface area (Å²) in [6.45, 7) is 0. The van der Waals surface area contributed by atoms with Gasteiger partial charge in [-0.3, -0.25) is 15.3 Å². The Labute approximate surface area is 64.7 Å². The molecule has 0 aliphatic heterocycles. The molecule has 0 aliphatic carbocycles. The number of hydrogen-bond acceptors (Lipinski definition) is 4. The molecule has 0 saturated carbocycles. The van der Waals surface area contributed by atoms with Gasteiger partial charge in [-0.25, -0.2) is 0 Å². The van der Waals surface area contributed by atoms with Gasteiger partial charge in [-0.2, -0.15) is 0 Å². The summed E-state index contributed by atoms with van der Waals surface area (Å²) >= 11 is 0. The van der Waals surface area contributed by atoms with Crippen LogP contribution in [0.25, 0.3) is 0 Å². The molecule has 11 heavy (non-hydrogen) atoms. The third-order valence-corrected chi connectivity index (χ3v) is 1.19. The summed E-state index contributed by atoms with van der Waals surface area (Å²) in [5.74, 6) is -1.27. The van der Waals surface area contributed by atoms with Gasteiger partial charge in [0.15, 0.2) is 0 Å². The van der Waals surface area contributed by atoms with E-state index in [9.17, 15) is 9.59 Å². The molecule has 0 aromatic carbocycles. The lowest BCUT2D eigenvalue weighted by Crippen LogP contribution is -2.32. The first-order valence-electron chi connectivity index (χ1n) is 3.15. The van der Waals surface area contributed by atoms with Crippen molar-refractivity contribution in [2.24, 2.45) is 5.73 Å². The first-order chi connectivity index (χ1) is 5.07. The van der Waals surface area contributed by atoms with Crippen LogP contribution in [0.4, 0.5) is 0 Å². The van der Waals surface area contributed by atoms with Crippen molar-refractivity contribution < 1.29 is 14.3 Å². The van der Waals surface area contributed by atoms with Crippen LogP contribution in [0.2, 0.25) is 0 Å². The minimum atomic E-state index is -0.783. The highest BCUT2D eigenvalue weighted by Crippen LogP contribution is 1.95. The number of amides is 1. The standard InChI is InChI=1S/C6H11N2O3/c1-11-6(10)4(7)2-3-5(8)9/h4,8H,2-3,7H2,1H3/t4-/m1/s1. The smallest absolute Gasteiger partial charge is 0.322 e. The molecule has 1 atom stereocenters. The molecule has 5 nitrogen and oxygen atoms in total. The van der Waals surface area contributed by atoms with Crippen LogP contribution in [0, 0.1) is 0 Å². The van der Waals surface area contributed by atoms with E-state index in [1.54, 1.807) is 0 Å². The molecule has 0 aliphatic rings. The van der Waals surface area contributed by atoms with Gasteiger partial charge in [0.2, 0.25) is 5.91 Å². The zero-order valence-electron chi connectivity index (χ0n) is 6.29. The van der Waals surface area contributed by atoms with E-state index in [0.717, 1.165) is 0 Å². The number of carbonyl (C=O) groups is 2. The van der Waals surface area contributed by atoms with Gasteiger partial charge in [0.05, 0.1) is 7.11 Å². The summed E-state index contributed by atoms with van der Waals surface area (Å²) in [4.78, 5) is 20.7. The second kappa shape index (κ2) is 4.68. The van der Waals surface area contributed by atoms with Gasteiger partial charge in [-0.15, -0.1) is 0 Å². The Balaban J connectivity index is 3.60. The Morgan fingerprint density at radius 2 is 2.18 bits per heavy atom. The fourth-order valence-corrected chi connectivity index (χ4v) is 0.556. The lowest BCUT2D eigenvalue weighted by Gasteiger charge is -2.05. The van der Waals surface area contributed by atoms with Gasteiger partial charge in [-0.1, -0.05) is 0 Å². The van der Waals surface area contributed by atoms with Crippen LogP contribution in [0.3, 0.4) is 0 Å². The second-order valence-corrected chi connectivity index (χ2v) is 2.09. The van der Waals surface area contributed by atoms with Crippen molar-refractivity contribution in [2.45, 2.75) is 18.9 Å². The van der Waals surface area contributed by atoms with E-state index in [0.29, 0.717) is 0 Å². The van der Waals surface area contributed by atoms with Crippen LogP contribution in [0.1, 0.15) is 12.8 Å². The van der Waals surface area contributed by atoms with Crippen LogP contribution < -0.4 is 11.5 Å². The Kier molecular flexibility index (Phi) is 4.21. The van der Waals surface area contributed by atoms with Crippen LogP contribution in [0.5, 0.6) is 0 Å². The Bertz CT molecular complexity index is 158. The van der Waals surface area contributed by atoms with Crippen LogP contribution in [-0.4, -0.2) is 25.0 Å². The summed E-state index contributed by atoms with van der Waals surface area (Å²) < 4.78 is 4.31. The predicted molar refractivity (Wildman–Crippen MR) is 37.3 cm³/mol. The first-order valence-corrected chi connectivity index (χ1v) is 3.15. The van der Waals surface area contributed by atoms with E-state index in [-0.39, 0.29) is 12.8 Å². The van der Waals surface area contributed by atoms with Gasteiger partial charge in [-0.05, 0) is 6.42 Å². The molecular weight excluding hydrogens is 148 g/mol. The lowest BCUT2D eigenvalue weighted by atomic mass is 10.2. The fraction of sp³-hybridized carbons (Fsp3) is 0.667. The van der Waals surface area contributed by atoms with Gasteiger partial charge < -0.3 is 10.5 Å². The molecule has 1 radical (unpaired) electrons. The Hall–Kier alpha value is -1.10. The molecular formula is C6H11N2O3. The zero-order valence-corrected chi connectivity index (χ0v) is 6.29. The highest BCUT2D eigenvalue weighted by molar-refractivity contribution is 5.77. The average Bonchev–Trinajstić information content (AvgIpc) is 1.98. The maximum atomic E-state index is 10.6. The third kappa shape index (κ3) is 4.32. The Morgan fingerprint density at radius 3 is 2.55 bits per heavy atom. The normalized spacial score (nSPS) is 12.2. The summed E-state index contributed by atoms with van der Waals surface area (Å²) in [5.41, 5.74) is 11.8. The van der Waals surface area contributed by atoms with Crippen molar-refractivity contribution in [3.05, 3.63) is 0 Å². The van der Waals surface area contributed by atoms with E-state index < -0.39 is 17.9 Å². The minimum Gasteiger partial charge on any atom is -0.468 e. The SMILES string of the molecule is COC(=O)[C@H](N)CCC([NH])=O. The van der Waals surface area contributed by atoms with Gasteiger partial charge in [0.25, 0.3) is 0 Å². The quantitative estimate of drug-likeness (QED) is 0.536. The van der Waals surface area contributed by atoms with Crippen molar-refractivity contribution in [3.63, 3.8) is 0 Å². The molecule has 0 heterocycles. The molecule has 0 fully saturated rings. The topological polar surface area (TPSA) is 93.2 Å². The number of nitrogens with two attached hydrogens (primary N) is 1. The summed E-state index contributed by atoms with van der Waals surface area (Å²) in [6.07, 6.45) is 0.172. The van der Waals surface area contributed by atoms with Gasteiger partial charge in [0, 0.05) is 6.42 Å². The van der Waals surface area contributed by atoms with Crippen molar-refractivity contribution in [3.8, 4) is 0 Å². The molecule has 0 spiro atoms. The molecule has 1 amide bonds. The Morgan fingerprint density at radius 1 is 1.64 bits per heavy atom. The molecule has 0 saturated heterocycles. The maximum absolute atomic E-state index is 10.6. The summed E-state index contributed by atoms with van der Waals surface area (Å²) in [6, 6.07) is -0.783. The first kappa shape index (κ1) is 9.90. The average molecular weight is 159 g/mol. The zero-order chi connectivity index (χ0) is 8.85. The number of nitrogens with one attached hydrogen (secondary N) is 1. The monoisotopic (exact) mass is 159 g/mol. The van der Waals surface area contributed by atoms with E-state index in [1.807, 2.05) is 0 Å². The predicted octanol–water partition coefficient (Wildman–Crippen LogP) is -0.924. The van der Waals surface area contributed by atoms with E-state index in [1.165, 1.54) is 7.11 Å². The van der Waals surface area contributed by atoms with E-state index in [4.69, 9.17) is 11.5 Å². The molecule has 63 valence electrons. The van der Waals surface area contributed by atoms with Crippen LogP contribution >= 0.6 is 0 Å². The van der Waals surface area contributed by atoms with Crippen LogP contribution in [0.15, 0.2) is 0 Å². The molecule has 0 aromatic rings. The highest BCUT2D eigenvalue weighted by Gasteiger charge is 2.13. The number of hydrogen-bond donors (Lipinski definition) is 1. The van der Waals surface area contributed by atoms with E-state index in [2.05, 4.69) is 4.74 Å². The molecule has 0 aromatic heterocycles. The molecule has 3 N–H and O–H groups in total. The lowest BCUT2D eigenvalue weighted by molar-refractivity contribution is -0.142. The molecule has 0 rings (SSSR count). The number of methoxy groups -OCH3 is 1. The van der Waals surface area contributed by atoms with Crippen LogP contribution in [-0.2, 0) is 14.3 Å². The van der Waals surface area contributed by atoms with Crippen molar-refractivity contribution in [1.29, 1.82) is 0 Å². The van der Waals surface area contributed by atoms with Gasteiger partial charge >= 0.3 is 5.97 Å². The number of ether oxygens (including phenoxy) is 1. The summed E-state index contributed by atoms with van der Waals surface area (Å²) in [7, 11) is 1.23. The van der Waals surface area contributed by atoms with Gasteiger partial charge in [0.1, 0.15) is 6.04 Å². The molecule has 0 unspecified atom stereocenters. The number of carbonyl (C=O) groups excluding carboxylic acids is 2.